The molecule has 21 heavy (non-hydrogen) atoms. The van der Waals surface area contributed by atoms with Crippen LogP contribution in [-0.2, 0) is 6.54 Å². The lowest BCUT2D eigenvalue weighted by atomic mass is 9.98. The molecule has 1 aliphatic heterocycles. The minimum absolute atomic E-state index is 0.220. The number of rotatable bonds is 7. The highest BCUT2D eigenvalue weighted by atomic mass is 19.1. The van der Waals surface area contributed by atoms with Crippen molar-refractivity contribution in [2.45, 2.75) is 32.2 Å². The molecule has 116 valence electrons. The van der Waals surface area contributed by atoms with Gasteiger partial charge in [-0.05, 0) is 63.2 Å². The van der Waals surface area contributed by atoms with E-state index in [1.165, 1.54) is 37.8 Å². The monoisotopic (exact) mass is 292 g/mol. The summed E-state index contributed by atoms with van der Waals surface area (Å²) in [5, 5.41) is 6.89. The van der Waals surface area contributed by atoms with Crippen molar-refractivity contribution in [2.24, 2.45) is 11.8 Å². The van der Waals surface area contributed by atoms with Crippen LogP contribution in [0, 0.1) is 17.7 Å². The molecule has 0 amide bonds. The molecule has 0 atom stereocenters. The molecule has 1 aromatic carbocycles. The minimum atomic E-state index is -0.220. The fraction of sp³-hybridized carbons (Fsp3) is 0.647. The lowest BCUT2D eigenvalue weighted by Gasteiger charge is -2.23. The number of nitrogens with one attached hydrogen (secondary N) is 2. The van der Waals surface area contributed by atoms with Crippen LogP contribution in [0.1, 0.15) is 31.2 Å². The van der Waals surface area contributed by atoms with Gasteiger partial charge in [-0.1, -0.05) is 6.07 Å². The van der Waals surface area contributed by atoms with E-state index in [2.05, 4.69) is 10.6 Å². The third-order valence-electron chi connectivity index (χ3n) is 4.41. The van der Waals surface area contributed by atoms with E-state index in [9.17, 15) is 4.39 Å². The molecule has 3 rings (SSSR count). The average Bonchev–Trinajstić information content (AvgIpc) is 3.32. The topological polar surface area (TPSA) is 33.3 Å². The molecular formula is C17H25FN2O. The van der Waals surface area contributed by atoms with Gasteiger partial charge in [0.25, 0.3) is 0 Å². The predicted octanol–water partition coefficient (Wildman–Crippen LogP) is 2.70. The molecule has 1 saturated heterocycles. The van der Waals surface area contributed by atoms with Gasteiger partial charge in [0.15, 0.2) is 0 Å². The van der Waals surface area contributed by atoms with E-state index >= 15 is 0 Å². The van der Waals surface area contributed by atoms with Gasteiger partial charge in [-0.3, -0.25) is 0 Å². The van der Waals surface area contributed by atoms with Crippen molar-refractivity contribution >= 4 is 0 Å². The van der Waals surface area contributed by atoms with Crippen LogP contribution >= 0.6 is 0 Å². The molecule has 3 nitrogen and oxygen atoms in total. The van der Waals surface area contributed by atoms with Gasteiger partial charge in [-0.2, -0.15) is 0 Å². The molecule has 0 unspecified atom stereocenters. The maximum Gasteiger partial charge on any atom is 0.126 e. The number of hydrogen-bond donors (Lipinski definition) is 2. The summed E-state index contributed by atoms with van der Waals surface area (Å²) in [5.41, 5.74) is 1.06. The Balaban J connectivity index is 1.50. The van der Waals surface area contributed by atoms with Crippen molar-refractivity contribution in [3.63, 3.8) is 0 Å². The van der Waals surface area contributed by atoms with Crippen LogP contribution < -0.4 is 15.4 Å². The minimum Gasteiger partial charge on any atom is -0.493 e. The molecule has 1 aromatic rings. The van der Waals surface area contributed by atoms with Crippen LogP contribution in [-0.4, -0.2) is 26.2 Å². The zero-order valence-electron chi connectivity index (χ0n) is 12.5. The average molecular weight is 292 g/mol. The van der Waals surface area contributed by atoms with Crippen LogP contribution in [0.3, 0.4) is 0 Å². The number of benzene rings is 1. The summed E-state index contributed by atoms with van der Waals surface area (Å²) in [6, 6.07) is 4.88. The maximum atomic E-state index is 13.4. The summed E-state index contributed by atoms with van der Waals surface area (Å²) in [4.78, 5) is 0. The van der Waals surface area contributed by atoms with E-state index in [0.717, 1.165) is 44.3 Å². The third kappa shape index (κ3) is 4.68. The van der Waals surface area contributed by atoms with Crippen molar-refractivity contribution < 1.29 is 9.13 Å². The molecule has 0 bridgehead atoms. The molecular weight excluding hydrogens is 267 g/mol. The number of piperidine rings is 1. The number of ether oxygens (including phenoxy) is 1. The first kappa shape index (κ1) is 14.8. The Morgan fingerprint density at radius 2 is 1.95 bits per heavy atom. The Labute approximate surface area is 126 Å². The highest BCUT2D eigenvalue weighted by Crippen LogP contribution is 2.30. The fourth-order valence-electron chi connectivity index (χ4n) is 2.80. The lowest BCUT2D eigenvalue weighted by Crippen LogP contribution is -2.33. The van der Waals surface area contributed by atoms with Gasteiger partial charge in [0, 0.05) is 18.2 Å². The molecule has 1 heterocycles. The second-order valence-electron chi connectivity index (χ2n) is 6.33. The zero-order valence-corrected chi connectivity index (χ0v) is 12.5. The number of hydrogen-bond acceptors (Lipinski definition) is 3. The van der Waals surface area contributed by atoms with Gasteiger partial charge in [-0.25, -0.2) is 4.39 Å². The summed E-state index contributed by atoms with van der Waals surface area (Å²) in [6.07, 6.45) is 4.97. The van der Waals surface area contributed by atoms with Crippen LogP contribution in [0.4, 0.5) is 4.39 Å². The molecule has 2 fully saturated rings. The molecule has 4 heteroatoms. The fourth-order valence-corrected chi connectivity index (χ4v) is 2.80. The highest BCUT2D eigenvalue weighted by Gasteiger charge is 2.22. The summed E-state index contributed by atoms with van der Waals surface area (Å²) < 4.78 is 19.2. The van der Waals surface area contributed by atoms with Gasteiger partial charge in [0.05, 0.1) is 6.61 Å². The zero-order chi connectivity index (χ0) is 14.5. The number of halogens is 1. The smallest absolute Gasteiger partial charge is 0.126 e. The normalized spacial score (nSPS) is 19.7. The maximum absolute atomic E-state index is 13.4. The second-order valence-corrected chi connectivity index (χ2v) is 6.33. The molecule has 0 spiro atoms. The van der Waals surface area contributed by atoms with E-state index < -0.39 is 0 Å². The molecule has 0 radical (unpaired) electrons. The predicted molar refractivity (Wildman–Crippen MR) is 81.9 cm³/mol. The first-order valence-corrected chi connectivity index (χ1v) is 8.14. The Hall–Kier alpha value is -1.13. The van der Waals surface area contributed by atoms with Gasteiger partial charge in [-0.15, -0.1) is 0 Å². The summed E-state index contributed by atoms with van der Waals surface area (Å²) in [5.74, 6) is 1.92. The van der Waals surface area contributed by atoms with Crippen LogP contribution in [0.25, 0.3) is 0 Å². The van der Waals surface area contributed by atoms with Crippen molar-refractivity contribution in [1.82, 2.24) is 10.6 Å². The van der Waals surface area contributed by atoms with Crippen LogP contribution in [0.5, 0.6) is 5.75 Å². The van der Waals surface area contributed by atoms with E-state index in [1.54, 1.807) is 0 Å². The largest absolute Gasteiger partial charge is 0.493 e. The van der Waals surface area contributed by atoms with Gasteiger partial charge in [0.2, 0.25) is 0 Å². The van der Waals surface area contributed by atoms with Crippen LogP contribution in [0.2, 0.25) is 0 Å². The second kappa shape index (κ2) is 7.23. The lowest BCUT2D eigenvalue weighted by molar-refractivity contribution is 0.293. The summed E-state index contributed by atoms with van der Waals surface area (Å²) >= 11 is 0. The molecule has 1 saturated carbocycles. The van der Waals surface area contributed by atoms with E-state index in [1.807, 2.05) is 6.07 Å². The SMILES string of the molecule is Fc1ccc(CNCC2CCNCC2)c(OCC2CC2)c1. The Morgan fingerprint density at radius 1 is 1.14 bits per heavy atom. The molecule has 2 aliphatic rings. The van der Waals surface area contributed by atoms with Crippen molar-refractivity contribution in [1.29, 1.82) is 0 Å². The Kier molecular flexibility index (Phi) is 5.09. The standard InChI is InChI=1S/C17H25FN2O/c18-16-4-3-15(17(9-16)21-12-14-1-2-14)11-20-10-13-5-7-19-8-6-13/h3-4,9,13-14,19-20H,1-2,5-8,10-12H2. The Bertz CT molecular complexity index is 456. The first-order valence-electron chi connectivity index (χ1n) is 8.14. The molecule has 1 aliphatic carbocycles. The van der Waals surface area contributed by atoms with Crippen molar-refractivity contribution in [2.75, 3.05) is 26.2 Å². The van der Waals surface area contributed by atoms with E-state index in [4.69, 9.17) is 4.74 Å². The molecule has 2 N–H and O–H groups in total. The van der Waals surface area contributed by atoms with Crippen LogP contribution in [0.15, 0.2) is 18.2 Å². The first-order chi connectivity index (χ1) is 10.3. The Morgan fingerprint density at radius 3 is 2.71 bits per heavy atom. The van der Waals surface area contributed by atoms with Crippen molar-refractivity contribution in [3.8, 4) is 5.75 Å². The summed E-state index contributed by atoms with van der Waals surface area (Å²) in [6.45, 7) is 4.76. The van der Waals surface area contributed by atoms with E-state index in [-0.39, 0.29) is 5.82 Å². The van der Waals surface area contributed by atoms with Gasteiger partial charge in [0.1, 0.15) is 11.6 Å². The summed E-state index contributed by atoms with van der Waals surface area (Å²) in [7, 11) is 0. The van der Waals surface area contributed by atoms with E-state index in [0.29, 0.717) is 11.7 Å². The highest BCUT2D eigenvalue weighted by molar-refractivity contribution is 5.34. The van der Waals surface area contributed by atoms with Crippen molar-refractivity contribution in [3.05, 3.63) is 29.6 Å². The third-order valence-corrected chi connectivity index (χ3v) is 4.41. The quantitative estimate of drug-likeness (QED) is 0.810. The molecule has 0 aromatic heterocycles. The van der Waals surface area contributed by atoms with Gasteiger partial charge >= 0.3 is 0 Å². The van der Waals surface area contributed by atoms with Gasteiger partial charge < -0.3 is 15.4 Å².